The number of nitrogens with one attached hydrogen (secondary N) is 1. The van der Waals surface area contributed by atoms with Gasteiger partial charge in [0.15, 0.2) is 4.90 Å². The fourth-order valence-electron chi connectivity index (χ4n) is 3.51. The van der Waals surface area contributed by atoms with Gasteiger partial charge in [-0.15, -0.1) is 4.21 Å². The molecule has 0 saturated carbocycles. The van der Waals surface area contributed by atoms with E-state index in [2.05, 4.69) is 16.0 Å². The van der Waals surface area contributed by atoms with Crippen LogP contribution in [0.3, 0.4) is 0 Å². The van der Waals surface area contributed by atoms with Crippen molar-refractivity contribution in [3.63, 3.8) is 0 Å². The molecule has 5 heteroatoms. The van der Waals surface area contributed by atoms with Crippen LogP contribution in [0.25, 0.3) is 34.3 Å². The molecule has 1 atom stereocenters. The maximum atomic E-state index is 11.5. The normalized spacial score (nSPS) is 13.2. The molecule has 0 aliphatic carbocycles. The molecule has 0 aliphatic heterocycles. The highest BCUT2D eigenvalue weighted by atomic mass is 32.2. The van der Waals surface area contributed by atoms with Gasteiger partial charge in [-0.25, -0.2) is 4.98 Å². The number of aliphatic hydroxyl groups is 1. The number of rotatable bonds is 5. The quantitative estimate of drug-likeness (QED) is 0.341. The number of hydrogen-bond acceptors (Lipinski definition) is 3. The summed E-state index contributed by atoms with van der Waals surface area (Å²) < 4.78 is 11.5. The molecule has 0 aliphatic rings. The fourth-order valence-corrected chi connectivity index (χ4v) is 4.08. The van der Waals surface area contributed by atoms with Crippen LogP contribution < -0.4 is 0 Å². The first-order chi connectivity index (χ1) is 14.3. The van der Waals surface area contributed by atoms with Gasteiger partial charge in [0.2, 0.25) is 0 Å². The Hall–Kier alpha value is -3.02. The molecular formula is C25H25N2O2S+. The molecular weight excluding hydrogens is 392 g/mol. The number of imidazole rings is 1. The molecule has 0 spiro atoms. The number of thiol groups is 1. The first-order valence-electron chi connectivity index (χ1n) is 9.82. The molecule has 0 amide bonds. The minimum Gasteiger partial charge on any atom is -0.386 e. The zero-order chi connectivity index (χ0) is 21.3. The largest absolute Gasteiger partial charge is 0.386 e. The van der Waals surface area contributed by atoms with Crippen LogP contribution in [0.15, 0.2) is 71.6 Å². The number of H-pyrrole nitrogens is 1. The molecule has 0 saturated heterocycles. The topological polar surface area (TPSA) is 66.0 Å². The lowest BCUT2D eigenvalue weighted by atomic mass is 9.89. The van der Waals surface area contributed by atoms with Crippen LogP contribution >= 0.6 is 0 Å². The summed E-state index contributed by atoms with van der Waals surface area (Å²) in [5.74, 6) is 0.767. The molecule has 30 heavy (non-hydrogen) atoms. The van der Waals surface area contributed by atoms with Gasteiger partial charge in [0.1, 0.15) is 22.9 Å². The van der Waals surface area contributed by atoms with Crippen molar-refractivity contribution in [2.24, 2.45) is 0 Å². The maximum absolute atomic E-state index is 11.5. The first kappa shape index (κ1) is 20.3. The highest BCUT2D eigenvalue weighted by molar-refractivity contribution is 7.84. The fraction of sp³-hybridized carbons (Fsp3) is 0.160. The van der Waals surface area contributed by atoms with Gasteiger partial charge >= 0.3 is 0 Å². The second kappa shape index (κ2) is 8.01. The Morgan fingerprint density at radius 3 is 2.43 bits per heavy atom. The third-order valence-electron chi connectivity index (χ3n) is 5.09. The molecule has 0 radical (unpaired) electrons. The van der Waals surface area contributed by atoms with Crippen LogP contribution in [-0.4, -0.2) is 21.3 Å². The first-order valence-corrected chi connectivity index (χ1v) is 11.5. The molecule has 4 aromatic rings. The number of aromatic amines is 1. The lowest BCUT2D eigenvalue weighted by Crippen LogP contribution is -2.16. The Kier molecular flexibility index (Phi) is 5.41. The Bertz CT molecular complexity index is 1250. The molecule has 4 nitrogen and oxygen atoms in total. The highest BCUT2D eigenvalue weighted by Gasteiger charge is 2.20. The van der Waals surface area contributed by atoms with Gasteiger partial charge in [-0.05, 0) is 66.4 Å². The van der Waals surface area contributed by atoms with E-state index in [1.807, 2.05) is 72.8 Å². The van der Waals surface area contributed by atoms with Crippen LogP contribution in [0, 0.1) is 0 Å². The molecule has 0 bridgehead atoms. The third kappa shape index (κ3) is 4.27. The molecule has 4 rings (SSSR count). The van der Waals surface area contributed by atoms with Crippen LogP contribution in [0.2, 0.25) is 0 Å². The number of aromatic nitrogens is 2. The summed E-state index contributed by atoms with van der Waals surface area (Å²) in [5.41, 5.74) is 4.86. The number of fused-ring (bicyclic) bond motifs is 1. The van der Waals surface area contributed by atoms with Gasteiger partial charge in [0.25, 0.3) is 0 Å². The SMILES string of the molecule is C[SH+](=O)c1ccc(C=Cc2nc3ccc(-c4ccccc4C(C)(C)O)cc3[nH]2)cc1. The molecule has 152 valence electrons. The van der Waals surface area contributed by atoms with E-state index >= 15 is 0 Å². The Morgan fingerprint density at radius 1 is 1.00 bits per heavy atom. The minimum absolute atomic E-state index is 0.767. The molecule has 2 N–H and O–H groups in total. The summed E-state index contributed by atoms with van der Waals surface area (Å²) in [5, 5.41) is 10.5. The van der Waals surface area contributed by atoms with Gasteiger partial charge < -0.3 is 10.1 Å². The van der Waals surface area contributed by atoms with Crippen LogP contribution in [-0.2, 0) is 20.6 Å². The second-order valence-corrected chi connectivity index (χ2v) is 9.39. The average molecular weight is 418 g/mol. The summed E-state index contributed by atoms with van der Waals surface area (Å²) in [6, 6.07) is 21.7. The molecule has 1 aromatic heterocycles. The Balaban J connectivity index is 1.64. The maximum Gasteiger partial charge on any atom is 0.155 e. The monoisotopic (exact) mass is 417 g/mol. The second-order valence-electron chi connectivity index (χ2n) is 7.88. The summed E-state index contributed by atoms with van der Waals surface area (Å²) in [6.45, 7) is 3.60. The van der Waals surface area contributed by atoms with Gasteiger partial charge in [-0.2, -0.15) is 0 Å². The standard InChI is InChI=1S/C25H24N2O2S/c1-25(2,28)21-7-5-4-6-20(21)18-11-14-22-23(16-18)27-24(26-22)15-10-17-8-12-19(13-9-17)30(3)29/h4-16,28H,1-3H3,(H,26,27)/p+1. The van der Waals surface area contributed by atoms with E-state index in [9.17, 15) is 9.32 Å². The number of benzene rings is 3. The number of hydrogen-bond donors (Lipinski definition) is 2. The van der Waals surface area contributed by atoms with Crippen LogP contribution in [0.5, 0.6) is 0 Å². The van der Waals surface area contributed by atoms with E-state index in [0.29, 0.717) is 0 Å². The van der Waals surface area contributed by atoms with Crippen molar-refractivity contribution < 1.29 is 9.32 Å². The Morgan fingerprint density at radius 2 is 1.73 bits per heavy atom. The van der Waals surface area contributed by atoms with Crippen molar-refractivity contribution in [3.8, 4) is 11.1 Å². The van der Waals surface area contributed by atoms with E-state index in [0.717, 1.165) is 44.0 Å². The molecule has 3 aromatic carbocycles. The predicted octanol–water partition coefficient (Wildman–Crippen LogP) is 5.31. The summed E-state index contributed by atoms with van der Waals surface area (Å²) in [4.78, 5) is 8.85. The van der Waals surface area contributed by atoms with Crippen molar-refractivity contribution in [1.29, 1.82) is 0 Å². The van der Waals surface area contributed by atoms with Crippen molar-refractivity contribution in [1.82, 2.24) is 9.97 Å². The van der Waals surface area contributed by atoms with Crippen LogP contribution in [0.1, 0.15) is 30.8 Å². The minimum atomic E-state index is -1.32. The molecule has 1 heterocycles. The highest BCUT2D eigenvalue weighted by Crippen LogP contribution is 2.32. The molecule has 0 fully saturated rings. The van der Waals surface area contributed by atoms with E-state index in [1.165, 1.54) is 0 Å². The molecule has 1 unspecified atom stereocenters. The van der Waals surface area contributed by atoms with Crippen molar-refractivity contribution in [2.45, 2.75) is 24.3 Å². The van der Waals surface area contributed by atoms with E-state index in [-0.39, 0.29) is 0 Å². The average Bonchev–Trinajstić information content (AvgIpc) is 3.14. The van der Waals surface area contributed by atoms with E-state index < -0.39 is 16.4 Å². The van der Waals surface area contributed by atoms with Crippen molar-refractivity contribution >= 4 is 34.0 Å². The van der Waals surface area contributed by atoms with Gasteiger partial charge in [-0.1, -0.05) is 48.5 Å². The van der Waals surface area contributed by atoms with Gasteiger partial charge in [-0.3, -0.25) is 0 Å². The van der Waals surface area contributed by atoms with Crippen molar-refractivity contribution in [3.05, 3.63) is 83.7 Å². The lowest BCUT2D eigenvalue weighted by molar-refractivity contribution is 0.0792. The van der Waals surface area contributed by atoms with Gasteiger partial charge in [0.05, 0.1) is 16.6 Å². The summed E-state index contributed by atoms with van der Waals surface area (Å²) in [7, 11) is -1.32. The Labute approximate surface area is 178 Å². The predicted molar refractivity (Wildman–Crippen MR) is 126 cm³/mol. The van der Waals surface area contributed by atoms with Crippen LogP contribution in [0.4, 0.5) is 0 Å². The van der Waals surface area contributed by atoms with E-state index in [1.54, 1.807) is 20.1 Å². The summed E-state index contributed by atoms with van der Waals surface area (Å²) in [6.07, 6.45) is 5.63. The van der Waals surface area contributed by atoms with E-state index in [4.69, 9.17) is 0 Å². The zero-order valence-corrected chi connectivity index (χ0v) is 18.1. The third-order valence-corrected chi connectivity index (χ3v) is 6.11. The summed E-state index contributed by atoms with van der Waals surface area (Å²) >= 11 is 0. The van der Waals surface area contributed by atoms with Crippen molar-refractivity contribution in [2.75, 3.05) is 6.26 Å². The smallest absolute Gasteiger partial charge is 0.155 e. The zero-order valence-electron chi connectivity index (χ0n) is 17.3. The lowest BCUT2D eigenvalue weighted by Gasteiger charge is -2.21. The van der Waals surface area contributed by atoms with Gasteiger partial charge in [0, 0.05) is 0 Å². The number of nitrogens with zero attached hydrogens (tertiary/aromatic N) is 1.